The van der Waals surface area contributed by atoms with E-state index in [1.165, 1.54) is 0 Å². The van der Waals surface area contributed by atoms with Crippen LogP contribution >= 0.6 is 0 Å². The maximum absolute atomic E-state index is 9.20. The van der Waals surface area contributed by atoms with Crippen LogP contribution in [-0.2, 0) is 0 Å². The third kappa shape index (κ3) is 3.13. The van der Waals surface area contributed by atoms with Gasteiger partial charge in [-0.05, 0) is 50.2 Å². The van der Waals surface area contributed by atoms with E-state index in [4.69, 9.17) is 9.47 Å². The molecule has 2 rings (SSSR count). The molecule has 0 unspecified atom stereocenters. The smallest absolute Gasteiger partial charge is 0.262 e. The van der Waals surface area contributed by atoms with Crippen LogP contribution in [0, 0.1) is 0 Å². The van der Waals surface area contributed by atoms with Crippen molar-refractivity contribution in [3.63, 3.8) is 0 Å². The van der Waals surface area contributed by atoms with E-state index in [0.29, 0.717) is 17.4 Å². The molecule has 0 aliphatic carbocycles. The molecular weight excluding hydrogens is 230 g/mol. The lowest BCUT2D eigenvalue weighted by Gasteiger charge is -2.13. The van der Waals surface area contributed by atoms with Crippen LogP contribution in [0.2, 0.25) is 0 Å². The molecule has 1 aromatic carbocycles. The van der Waals surface area contributed by atoms with E-state index in [1.807, 2.05) is 19.9 Å². The second-order valence-electron chi connectivity index (χ2n) is 4.07. The van der Waals surface area contributed by atoms with Gasteiger partial charge < -0.3 is 14.6 Å². The molecule has 0 aliphatic heterocycles. The van der Waals surface area contributed by atoms with Crippen molar-refractivity contribution in [2.75, 3.05) is 0 Å². The van der Waals surface area contributed by atoms with E-state index < -0.39 is 0 Å². The highest BCUT2D eigenvalue weighted by Crippen LogP contribution is 2.30. The Balaban J connectivity index is 2.20. The second-order valence-corrected chi connectivity index (χ2v) is 4.07. The summed E-state index contributed by atoms with van der Waals surface area (Å²) in [7, 11) is 0. The van der Waals surface area contributed by atoms with E-state index in [2.05, 4.69) is 4.98 Å². The number of phenols is 1. The van der Waals surface area contributed by atoms with Gasteiger partial charge in [0.25, 0.3) is 5.88 Å². The number of hydrogen-bond donors (Lipinski definition) is 1. The number of benzene rings is 1. The van der Waals surface area contributed by atoms with Crippen molar-refractivity contribution < 1.29 is 14.6 Å². The van der Waals surface area contributed by atoms with Crippen molar-refractivity contribution >= 4 is 0 Å². The van der Waals surface area contributed by atoms with Crippen LogP contribution in [-0.4, -0.2) is 16.2 Å². The van der Waals surface area contributed by atoms with Crippen LogP contribution in [0.3, 0.4) is 0 Å². The van der Waals surface area contributed by atoms with E-state index in [-0.39, 0.29) is 11.9 Å². The van der Waals surface area contributed by atoms with E-state index in [1.54, 1.807) is 36.5 Å². The van der Waals surface area contributed by atoms with Crippen molar-refractivity contribution in [2.45, 2.75) is 20.0 Å². The zero-order valence-electron chi connectivity index (χ0n) is 10.3. The summed E-state index contributed by atoms with van der Waals surface area (Å²) >= 11 is 0. The van der Waals surface area contributed by atoms with Crippen LogP contribution in [0.1, 0.15) is 13.8 Å². The lowest BCUT2D eigenvalue weighted by atomic mass is 10.3. The monoisotopic (exact) mass is 245 g/mol. The summed E-state index contributed by atoms with van der Waals surface area (Å²) in [6.07, 6.45) is 1.69. The molecule has 1 heterocycles. The third-order valence-electron chi connectivity index (χ3n) is 2.15. The SMILES string of the molecule is CC(C)Oc1cccnc1Oc1ccc(O)cc1. The van der Waals surface area contributed by atoms with Crippen LogP contribution in [0.4, 0.5) is 0 Å². The quantitative estimate of drug-likeness (QED) is 0.897. The van der Waals surface area contributed by atoms with Crippen LogP contribution in [0.15, 0.2) is 42.6 Å². The highest BCUT2D eigenvalue weighted by Gasteiger charge is 2.08. The fraction of sp³-hybridized carbons (Fsp3) is 0.214. The molecule has 4 nitrogen and oxygen atoms in total. The lowest BCUT2D eigenvalue weighted by Crippen LogP contribution is -2.06. The normalized spacial score (nSPS) is 10.4. The van der Waals surface area contributed by atoms with E-state index in [9.17, 15) is 5.11 Å². The number of pyridine rings is 1. The minimum atomic E-state index is 0.0522. The van der Waals surface area contributed by atoms with E-state index in [0.717, 1.165) is 0 Å². The number of nitrogens with zero attached hydrogens (tertiary/aromatic N) is 1. The van der Waals surface area contributed by atoms with Gasteiger partial charge in [0.1, 0.15) is 11.5 Å². The fourth-order valence-electron chi connectivity index (χ4n) is 1.42. The van der Waals surface area contributed by atoms with Gasteiger partial charge >= 0.3 is 0 Å². The molecule has 0 bridgehead atoms. The summed E-state index contributed by atoms with van der Waals surface area (Å²) in [5, 5.41) is 9.20. The molecule has 0 saturated carbocycles. The number of ether oxygens (including phenoxy) is 2. The number of aromatic nitrogens is 1. The predicted octanol–water partition coefficient (Wildman–Crippen LogP) is 3.37. The summed E-state index contributed by atoms with van der Waals surface area (Å²) in [6, 6.07) is 10.1. The summed E-state index contributed by atoms with van der Waals surface area (Å²) in [5.41, 5.74) is 0. The molecule has 0 spiro atoms. The second kappa shape index (κ2) is 5.40. The van der Waals surface area contributed by atoms with Crippen LogP contribution in [0.25, 0.3) is 0 Å². The van der Waals surface area contributed by atoms with Gasteiger partial charge in [-0.2, -0.15) is 0 Å². The minimum absolute atomic E-state index is 0.0522. The molecule has 18 heavy (non-hydrogen) atoms. The Morgan fingerprint density at radius 2 is 1.83 bits per heavy atom. The molecule has 0 aliphatic rings. The van der Waals surface area contributed by atoms with Crippen LogP contribution < -0.4 is 9.47 Å². The fourth-order valence-corrected chi connectivity index (χ4v) is 1.42. The molecule has 0 fully saturated rings. The van der Waals surface area contributed by atoms with Gasteiger partial charge in [0.2, 0.25) is 0 Å². The lowest BCUT2D eigenvalue weighted by molar-refractivity contribution is 0.231. The average molecular weight is 245 g/mol. The largest absolute Gasteiger partial charge is 0.508 e. The number of phenolic OH excluding ortho intramolecular Hbond substituents is 1. The minimum Gasteiger partial charge on any atom is -0.508 e. The maximum Gasteiger partial charge on any atom is 0.262 e. The number of rotatable bonds is 4. The zero-order chi connectivity index (χ0) is 13.0. The van der Waals surface area contributed by atoms with Crippen molar-refractivity contribution in [2.24, 2.45) is 0 Å². The molecule has 1 N–H and O–H groups in total. The van der Waals surface area contributed by atoms with Gasteiger partial charge in [-0.15, -0.1) is 0 Å². The number of aromatic hydroxyl groups is 1. The van der Waals surface area contributed by atoms with Crippen molar-refractivity contribution in [1.82, 2.24) is 4.98 Å². The Kier molecular flexibility index (Phi) is 3.67. The molecule has 94 valence electrons. The van der Waals surface area contributed by atoms with Gasteiger partial charge in [-0.25, -0.2) is 4.98 Å². The first kappa shape index (κ1) is 12.2. The molecule has 1 aromatic heterocycles. The maximum atomic E-state index is 9.20. The Morgan fingerprint density at radius 1 is 1.11 bits per heavy atom. The van der Waals surface area contributed by atoms with Crippen LogP contribution in [0.5, 0.6) is 23.1 Å². The first-order valence-electron chi connectivity index (χ1n) is 5.73. The average Bonchev–Trinajstić information content (AvgIpc) is 2.34. The highest BCUT2D eigenvalue weighted by molar-refractivity contribution is 5.38. The van der Waals surface area contributed by atoms with Crippen molar-refractivity contribution in [3.05, 3.63) is 42.6 Å². The molecule has 0 amide bonds. The first-order chi connectivity index (χ1) is 8.65. The third-order valence-corrected chi connectivity index (χ3v) is 2.15. The van der Waals surface area contributed by atoms with Crippen molar-refractivity contribution in [1.29, 1.82) is 0 Å². The standard InChI is InChI=1S/C14H15NO3/c1-10(2)17-13-4-3-9-15-14(13)18-12-7-5-11(16)6-8-12/h3-10,16H,1-2H3. The summed E-state index contributed by atoms with van der Waals surface area (Å²) < 4.78 is 11.2. The molecular formula is C14H15NO3. The topological polar surface area (TPSA) is 51.6 Å². The summed E-state index contributed by atoms with van der Waals surface area (Å²) in [4.78, 5) is 4.14. The van der Waals surface area contributed by atoms with Gasteiger partial charge in [0, 0.05) is 6.20 Å². The van der Waals surface area contributed by atoms with Crippen molar-refractivity contribution in [3.8, 4) is 23.1 Å². The summed E-state index contributed by atoms with van der Waals surface area (Å²) in [5.74, 6) is 1.81. The molecule has 2 aromatic rings. The molecule has 4 heteroatoms. The Bertz CT molecular complexity index is 509. The Labute approximate surface area is 106 Å². The zero-order valence-corrected chi connectivity index (χ0v) is 10.3. The predicted molar refractivity (Wildman–Crippen MR) is 68.2 cm³/mol. The highest BCUT2D eigenvalue weighted by atomic mass is 16.5. The number of hydrogen-bond acceptors (Lipinski definition) is 4. The Hall–Kier alpha value is -2.23. The molecule has 0 radical (unpaired) electrons. The summed E-state index contributed by atoms with van der Waals surface area (Å²) in [6.45, 7) is 3.88. The molecule has 0 saturated heterocycles. The van der Waals surface area contributed by atoms with E-state index >= 15 is 0 Å². The first-order valence-corrected chi connectivity index (χ1v) is 5.73. The van der Waals surface area contributed by atoms with Gasteiger partial charge in [0.05, 0.1) is 6.10 Å². The molecule has 0 atom stereocenters. The van der Waals surface area contributed by atoms with Gasteiger partial charge in [-0.1, -0.05) is 0 Å². The Morgan fingerprint density at radius 3 is 2.50 bits per heavy atom. The van der Waals surface area contributed by atoms with Gasteiger partial charge in [0.15, 0.2) is 5.75 Å². The van der Waals surface area contributed by atoms with Gasteiger partial charge in [-0.3, -0.25) is 0 Å².